The molecule has 0 bridgehead atoms. The number of benzene rings is 4. The fourth-order valence-electron chi connectivity index (χ4n) is 7.54. The molecular formula is C41H46Cl4Zr. The zero-order valence-corrected chi connectivity index (χ0v) is 33.4. The molecule has 0 aromatic heterocycles. The summed E-state index contributed by atoms with van der Waals surface area (Å²) in [5.74, 6) is 0. The molecule has 0 radical (unpaired) electrons. The Kier molecular flexibility index (Phi) is 10.7. The maximum absolute atomic E-state index is 6.42. The third kappa shape index (κ3) is 6.88. The quantitative estimate of drug-likeness (QED) is 0.161. The van der Waals surface area contributed by atoms with Crippen molar-refractivity contribution >= 4 is 55.5 Å². The Morgan fingerprint density at radius 3 is 1.67 bits per heavy atom. The number of allylic oxidation sites excluding steroid dienone is 4. The van der Waals surface area contributed by atoms with Crippen LogP contribution in [0.5, 0.6) is 0 Å². The minimum atomic E-state index is -4.49. The van der Waals surface area contributed by atoms with Crippen molar-refractivity contribution in [2.45, 2.75) is 73.5 Å². The van der Waals surface area contributed by atoms with E-state index >= 15 is 0 Å². The van der Waals surface area contributed by atoms with E-state index in [1.165, 1.54) is 44.5 Å². The van der Waals surface area contributed by atoms with Crippen molar-refractivity contribution in [1.29, 1.82) is 0 Å². The third-order valence-corrected chi connectivity index (χ3v) is 26.5. The van der Waals surface area contributed by atoms with Crippen LogP contribution in [0.3, 0.4) is 0 Å². The molecular weight excluding hydrogens is 725 g/mol. The normalized spacial score (nSPS) is 14.2. The van der Waals surface area contributed by atoms with Crippen LogP contribution in [0.1, 0.15) is 81.3 Å². The predicted molar refractivity (Wildman–Crippen MR) is 205 cm³/mol. The summed E-state index contributed by atoms with van der Waals surface area (Å²) in [6.07, 6.45) is 8.92. The van der Waals surface area contributed by atoms with Gasteiger partial charge in [-0.1, -0.05) is 0 Å². The van der Waals surface area contributed by atoms with Gasteiger partial charge >= 0.3 is 277 Å². The van der Waals surface area contributed by atoms with Crippen LogP contribution in [0.25, 0.3) is 11.1 Å². The summed E-state index contributed by atoms with van der Waals surface area (Å²) in [5, 5.41) is 1.54. The van der Waals surface area contributed by atoms with Gasteiger partial charge in [0.15, 0.2) is 0 Å². The molecule has 46 heavy (non-hydrogen) atoms. The molecule has 0 heterocycles. The maximum atomic E-state index is 6.42. The van der Waals surface area contributed by atoms with Gasteiger partial charge in [0.2, 0.25) is 0 Å². The van der Waals surface area contributed by atoms with Crippen molar-refractivity contribution in [2.75, 3.05) is 0 Å². The molecule has 0 nitrogen and oxygen atoms in total. The predicted octanol–water partition coefficient (Wildman–Crippen LogP) is 12.0. The van der Waals surface area contributed by atoms with E-state index in [1.54, 1.807) is 6.55 Å². The van der Waals surface area contributed by atoms with Gasteiger partial charge in [0.25, 0.3) is 0 Å². The molecule has 0 fully saturated rings. The van der Waals surface area contributed by atoms with E-state index in [1.807, 2.05) is 24.3 Å². The zero-order chi connectivity index (χ0) is 31.5. The second-order valence-corrected chi connectivity index (χ2v) is 30.5. The van der Waals surface area contributed by atoms with E-state index in [0.29, 0.717) is 0 Å². The molecule has 4 aromatic rings. The van der Waals surface area contributed by atoms with Crippen LogP contribution >= 0.6 is 48.0 Å². The van der Waals surface area contributed by atoms with Gasteiger partial charge < -0.3 is 0 Å². The van der Waals surface area contributed by atoms with E-state index in [0.717, 1.165) is 31.1 Å². The summed E-state index contributed by atoms with van der Waals surface area (Å²) in [6.45, 7) is 14.0. The summed E-state index contributed by atoms with van der Waals surface area (Å²) in [7, 11) is 0. The van der Waals surface area contributed by atoms with E-state index in [9.17, 15) is 0 Å². The first kappa shape index (κ1) is 37.1. The Bertz CT molecular complexity index is 1830. The molecule has 2 aliphatic carbocycles. The molecule has 0 spiro atoms. The zero-order valence-electron chi connectivity index (χ0n) is 27.8. The molecule has 0 aliphatic heterocycles. The fourth-order valence-corrected chi connectivity index (χ4v) is 23.7. The van der Waals surface area contributed by atoms with Crippen LogP contribution in [0.2, 0.25) is 10.0 Å². The molecule has 0 N–H and O–H groups in total. The van der Waals surface area contributed by atoms with E-state index in [-0.39, 0.29) is 35.6 Å². The summed E-state index contributed by atoms with van der Waals surface area (Å²) >= 11 is 8.35. The van der Waals surface area contributed by atoms with Crippen LogP contribution in [0, 0.1) is 0 Å². The number of hydrogen-bond acceptors (Lipinski definition) is 0. The Labute approximate surface area is 299 Å². The van der Waals surface area contributed by atoms with Crippen molar-refractivity contribution in [1.82, 2.24) is 0 Å². The first-order valence-electron chi connectivity index (χ1n) is 15.9. The summed E-state index contributed by atoms with van der Waals surface area (Å²) in [6, 6.07) is 29.4. The van der Waals surface area contributed by atoms with Crippen molar-refractivity contribution in [2.24, 2.45) is 0 Å². The summed E-state index contributed by atoms with van der Waals surface area (Å²) in [5.41, 5.74) is 11.2. The Morgan fingerprint density at radius 1 is 0.674 bits per heavy atom. The van der Waals surface area contributed by atoms with Crippen molar-refractivity contribution in [3.8, 4) is 11.1 Å². The van der Waals surface area contributed by atoms with Gasteiger partial charge in [0.05, 0.1) is 0 Å². The van der Waals surface area contributed by atoms with Crippen LogP contribution in [-0.4, -0.2) is 4.21 Å². The van der Waals surface area contributed by atoms with Crippen LogP contribution in [0.4, 0.5) is 0 Å². The Hall–Kier alpha value is -1.73. The second kappa shape index (κ2) is 13.3. The number of fused-ring (bicyclic) bond motifs is 3. The van der Waals surface area contributed by atoms with E-state index < -0.39 is 18.3 Å². The molecule has 4 aromatic carbocycles. The SMILES string of the molecule is Cl.Cl.[CH2]=[Zr]([CH2]c1ccc(Cl)cc1)([CH2]c1ccc(Cl)cc1)([C]1=CC=CC1)[c]1cc(C(C)(C)C)cc2c1Cc1ccc(C(C)(C)C)cc1-2. The standard InChI is InChI=1S/C21H25.2C7H6Cl.C5H5.CH2.2ClH.Zr/c1-20(2,3)16-9-7-14-11-15-8-10-17(21(4,5)6)13-19(15)18(14)12-16;2*1-6-2-4-7(8)5-3-6;1-2-4-5-3-1;;;;/h7,9-10,12-13H,11H2,1-6H3;2*2-5H,1H2;1-3H,4H2;1H2;2*1H;. The van der Waals surface area contributed by atoms with E-state index in [4.69, 9.17) is 27.4 Å². The van der Waals surface area contributed by atoms with Crippen molar-refractivity contribution in [3.05, 3.63) is 144 Å². The van der Waals surface area contributed by atoms with E-state index in [2.05, 4.69) is 114 Å². The van der Waals surface area contributed by atoms with Crippen LogP contribution < -0.4 is 3.27 Å². The molecule has 0 saturated carbocycles. The summed E-state index contributed by atoms with van der Waals surface area (Å²) in [4.78, 5) is 0. The van der Waals surface area contributed by atoms with Gasteiger partial charge in [-0.05, 0) is 0 Å². The second-order valence-electron chi connectivity index (χ2n) is 15.5. The van der Waals surface area contributed by atoms with Gasteiger partial charge in [0.1, 0.15) is 0 Å². The first-order valence-corrected chi connectivity index (χ1v) is 24.3. The number of halogens is 4. The Balaban J connectivity index is 0.00000240. The molecule has 2 aliphatic rings. The van der Waals surface area contributed by atoms with Crippen molar-refractivity contribution < 1.29 is 18.3 Å². The van der Waals surface area contributed by atoms with Crippen LogP contribution in [0.15, 0.2) is 100 Å². The van der Waals surface area contributed by atoms with Gasteiger partial charge in [-0.25, -0.2) is 0 Å². The van der Waals surface area contributed by atoms with Gasteiger partial charge in [0, 0.05) is 0 Å². The average Bonchev–Trinajstić information content (AvgIpc) is 3.63. The number of rotatable bonds is 6. The molecule has 0 unspecified atom stereocenters. The molecule has 6 rings (SSSR count). The fraction of sp³-hybridized carbons (Fsp3) is 0.293. The molecule has 5 heteroatoms. The third-order valence-electron chi connectivity index (χ3n) is 10.2. The molecule has 0 atom stereocenters. The average molecular weight is 772 g/mol. The molecule has 0 amide bonds. The minimum absolute atomic E-state index is 0. The molecule has 0 saturated heterocycles. The van der Waals surface area contributed by atoms with Crippen molar-refractivity contribution in [3.63, 3.8) is 0 Å². The van der Waals surface area contributed by atoms with Gasteiger partial charge in [-0.3, -0.25) is 0 Å². The first-order chi connectivity index (χ1) is 20.6. The monoisotopic (exact) mass is 768 g/mol. The van der Waals surface area contributed by atoms with Crippen LogP contribution in [-0.2, 0) is 43.8 Å². The molecule has 242 valence electrons. The summed E-state index contributed by atoms with van der Waals surface area (Å²) < 4.78 is 10.7. The number of hydrogen-bond donors (Lipinski definition) is 0. The van der Waals surface area contributed by atoms with Gasteiger partial charge in [-0.15, -0.1) is 24.8 Å². The Morgan fingerprint density at radius 2 is 1.20 bits per heavy atom. The van der Waals surface area contributed by atoms with Gasteiger partial charge in [-0.2, -0.15) is 0 Å². The topological polar surface area (TPSA) is 0 Å².